The Morgan fingerprint density at radius 3 is 3.04 bits per heavy atom. The van der Waals surface area contributed by atoms with Gasteiger partial charge in [-0.05, 0) is 28.8 Å². The van der Waals surface area contributed by atoms with Gasteiger partial charge in [-0.15, -0.1) is 0 Å². The molecule has 3 aromatic rings. The molecular formula is C19H20N4O2S. The van der Waals surface area contributed by atoms with Gasteiger partial charge in [0.1, 0.15) is 5.76 Å². The average molecular weight is 368 g/mol. The average Bonchev–Trinajstić information content (AvgIpc) is 3.38. The van der Waals surface area contributed by atoms with Crippen LogP contribution in [-0.2, 0) is 32.4 Å². The highest BCUT2D eigenvalue weighted by Crippen LogP contribution is 2.22. The van der Waals surface area contributed by atoms with Gasteiger partial charge in [0.25, 0.3) is 5.91 Å². The van der Waals surface area contributed by atoms with E-state index in [0.29, 0.717) is 18.1 Å². The van der Waals surface area contributed by atoms with Crippen LogP contribution in [0.5, 0.6) is 0 Å². The summed E-state index contributed by atoms with van der Waals surface area (Å²) in [6.45, 7) is 2.31. The van der Waals surface area contributed by atoms with Crippen LogP contribution in [0.1, 0.15) is 33.0 Å². The van der Waals surface area contributed by atoms with Gasteiger partial charge < -0.3 is 19.6 Å². The number of amides is 1. The molecule has 134 valence electrons. The number of carbonyl (C=O) groups is 1. The summed E-state index contributed by atoms with van der Waals surface area (Å²) < 4.78 is 7.62. The molecule has 4 rings (SSSR count). The zero-order valence-electron chi connectivity index (χ0n) is 14.5. The fourth-order valence-electron chi connectivity index (χ4n) is 2.93. The van der Waals surface area contributed by atoms with Crippen LogP contribution in [-0.4, -0.2) is 15.5 Å². The number of furan rings is 1. The van der Waals surface area contributed by atoms with Crippen molar-refractivity contribution in [2.75, 3.05) is 0 Å². The minimum Gasteiger partial charge on any atom is -0.455 e. The Bertz CT molecular complexity index is 931. The van der Waals surface area contributed by atoms with Crippen molar-refractivity contribution in [1.82, 2.24) is 20.2 Å². The van der Waals surface area contributed by atoms with Gasteiger partial charge in [0, 0.05) is 39.1 Å². The fourth-order valence-corrected chi connectivity index (χ4v) is 3.76. The second-order valence-corrected chi connectivity index (χ2v) is 7.21. The Balaban J connectivity index is 1.32. The van der Waals surface area contributed by atoms with Crippen LogP contribution in [0.15, 0.2) is 52.3 Å². The first kappa shape index (κ1) is 16.9. The Hall–Kier alpha value is -2.51. The van der Waals surface area contributed by atoms with E-state index in [4.69, 9.17) is 4.42 Å². The van der Waals surface area contributed by atoms with E-state index in [9.17, 15) is 4.79 Å². The van der Waals surface area contributed by atoms with E-state index in [1.54, 1.807) is 24.0 Å². The molecule has 1 aliphatic rings. The Morgan fingerprint density at radius 2 is 2.19 bits per heavy atom. The molecule has 0 radical (unpaired) electrons. The molecular weight excluding hydrogens is 348 g/mol. The number of hydrogen-bond acceptors (Lipinski definition) is 5. The van der Waals surface area contributed by atoms with Gasteiger partial charge >= 0.3 is 0 Å². The number of benzene rings is 1. The van der Waals surface area contributed by atoms with Gasteiger partial charge in [-0.25, -0.2) is 4.98 Å². The number of nitrogens with one attached hydrogen (secondary N) is 2. The van der Waals surface area contributed by atoms with Crippen molar-refractivity contribution in [1.29, 1.82) is 0 Å². The van der Waals surface area contributed by atoms with E-state index >= 15 is 0 Å². The van der Waals surface area contributed by atoms with Gasteiger partial charge in [-0.1, -0.05) is 30.0 Å². The Labute approximate surface area is 156 Å². The van der Waals surface area contributed by atoms with Crippen LogP contribution in [0.25, 0.3) is 0 Å². The van der Waals surface area contributed by atoms with Crippen molar-refractivity contribution < 1.29 is 9.21 Å². The SMILES string of the molecule is Cn1ccnc1SCc1ccc(C(=O)NCc2ccc3c(c2)CNC3)o1. The van der Waals surface area contributed by atoms with Crippen molar-refractivity contribution in [3.63, 3.8) is 0 Å². The lowest BCUT2D eigenvalue weighted by atomic mass is 10.1. The van der Waals surface area contributed by atoms with Gasteiger partial charge in [0.2, 0.25) is 0 Å². The first-order chi connectivity index (χ1) is 12.7. The highest BCUT2D eigenvalue weighted by atomic mass is 32.2. The molecule has 2 aromatic heterocycles. The van der Waals surface area contributed by atoms with E-state index in [1.807, 2.05) is 23.9 Å². The number of rotatable bonds is 6. The van der Waals surface area contributed by atoms with E-state index in [2.05, 4.69) is 33.8 Å². The third kappa shape index (κ3) is 3.68. The molecule has 3 heterocycles. The molecule has 7 heteroatoms. The predicted molar refractivity (Wildman–Crippen MR) is 99.6 cm³/mol. The molecule has 1 aromatic carbocycles. The fraction of sp³-hybridized carbons (Fsp3) is 0.263. The summed E-state index contributed by atoms with van der Waals surface area (Å²) in [7, 11) is 1.95. The van der Waals surface area contributed by atoms with Gasteiger partial charge in [0.05, 0.1) is 5.75 Å². The predicted octanol–water partition coefficient (Wildman–Crippen LogP) is 2.84. The smallest absolute Gasteiger partial charge is 0.287 e. The minimum atomic E-state index is -0.197. The Kier molecular flexibility index (Phi) is 4.81. The maximum absolute atomic E-state index is 12.3. The van der Waals surface area contributed by atoms with Crippen LogP contribution >= 0.6 is 11.8 Å². The van der Waals surface area contributed by atoms with Gasteiger partial charge in [-0.3, -0.25) is 4.79 Å². The number of aromatic nitrogens is 2. The maximum atomic E-state index is 12.3. The normalized spacial score (nSPS) is 13.0. The van der Waals surface area contributed by atoms with E-state index in [0.717, 1.165) is 29.6 Å². The van der Waals surface area contributed by atoms with Crippen molar-refractivity contribution in [3.8, 4) is 0 Å². The molecule has 0 atom stereocenters. The second-order valence-electron chi connectivity index (χ2n) is 6.26. The lowest BCUT2D eigenvalue weighted by Gasteiger charge is -2.06. The largest absolute Gasteiger partial charge is 0.455 e. The maximum Gasteiger partial charge on any atom is 0.287 e. The molecule has 6 nitrogen and oxygen atoms in total. The monoisotopic (exact) mass is 368 g/mol. The topological polar surface area (TPSA) is 72.1 Å². The summed E-state index contributed by atoms with van der Waals surface area (Å²) in [5.74, 6) is 1.53. The number of thioether (sulfide) groups is 1. The molecule has 0 fully saturated rings. The van der Waals surface area contributed by atoms with Crippen molar-refractivity contribution >= 4 is 17.7 Å². The second kappa shape index (κ2) is 7.39. The van der Waals surface area contributed by atoms with E-state index < -0.39 is 0 Å². The molecule has 1 aliphatic heterocycles. The van der Waals surface area contributed by atoms with Gasteiger partial charge in [0.15, 0.2) is 10.9 Å². The van der Waals surface area contributed by atoms with Crippen LogP contribution < -0.4 is 10.6 Å². The molecule has 2 N–H and O–H groups in total. The van der Waals surface area contributed by atoms with Crippen LogP contribution in [0, 0.1) is 0 Å². The molecule has 1 amide bonds. The van der Waals surface area contributed by atoms with Crippen LogP contribution in [0.3, 0.4) is 0 Å². The summed E-state index contributed by atoms with van der Waals surface area (Å²) in [6.07, 6.45) is 3.66. The zero-order chi connectivity index (χ0) is 17.9. The molecule has 0 bridgehead atoms. The molecule has 0 spiro atoms. The van der Waals surface area contributed by atoms with Gasteiger partial charge in [-0.2, -0.15) is 0 Å². The summed E-state index contributed by atoms with van der Waals surface area (Å²) in [6, 6.07) is 9.88. The van der Waals surface area contributed by atoms with E-state index in [1.165, 1.54) is 11.1 Å². The molecule has 0 aliphatic carbocycles. The standard InChI is InChI=1S/C19H20N4O2S/c1-23-7-6-21-19(23)26-12-16-4-5-17(25-16)18(24)22-9-13-2-3-14-10-20-11-15(14)8-13/h2-8,20H,9-12H2,1H3,(H,22,24). The number of nitrogens with zero attached hydrogens (tertiary/aromatic N) is 2. The van der Waals surface area contributed by atoms with Crippen LogP contribution in [0.2, 0.25) is 0 Å². The summed E-state index contributed by atoms with van der Waals surface area (Å²) in [5.41, 5.74) is 3.74. The molecule has 0 saturated carbocycles. The number of carbonyl (C=O) groups excluding carboxylic acids is 1. The third-order valence-electron chi connectivity index (χ3n) is 4.36. The molecule has 0 unspecified atom stereocenters. The highest BCUT2D eigenvalue weighted by molar-refractivity contribution is 7.98. The third-order valence-corrected chi connectivity index (χ3v) is 5.44. The number of aryl methyl sites for hydroxylation is 1. The number of fused-ring (bicyclic) bond motifs is 1. The highest BCUT2D eigenvalue weighted by Gasteiger charge is 2.13. The van der Waals surface area contributed by atoms with Crippen molar-refractivity contribution in [2.24, 2.45) is 7.05 Å². The molecule has 26 heavy (non-hydrogen) atoms. The van der Waals surface area contributed by atoms with Crippen molar-refractivity contribution in [2.45, 2.75) is 30.5 Å². The lowest BCUT2D eigenvalue weighted by molar-refractivity contribution is 0.0921. The first-order valence-electron chi connectivity index (χ1n) is 8.47. The van der Waals surface area contributed by atoms with E-state index in [-0.39, 0.29) is 5.91 Å². The number of hydrogen-bond donors (Lipinski definition) is 2. The summed E-state index contributed by atoms with van der Waals surface area (Å²) in [5, 5.41) is 7.16. The van der Waals surface area contributed by atoms with Crippen LogP contribution in [0.4, 0.5) is 0 Å². The quantitative estimate of drug-likeness (QED) is 0.655. The minimum absolute atomic E-state index is 0.197. The Morgan fingerprint density at radius 1 is 1.31 bits per heavy atom. The first-order valence-corrected chi connectivity index (χ1v) is 9.46. The number of imidazole rings is 1. The molecule has 0 saturated heterocycles. The summed E-state index contributed by atoms with van der Waals surface area (Å²) in [4.78, 5) is 16.6. The zero-order valence-corrected chi connectivity index (χ0v) is 15.3. The summed E-state index contributed by atoms with van der Waals surface area (Å²) >= 11 is 1.57. The lowest BCUT2D eigenvalue weighted by Crippen LogP contribution is -2.22. The van der Waals surface area contributed by atoms with Crippen molar-refractivity contribution in [3.05, 3.63) is 70.9 Å².